The van der Waals surface area contributed by atoms with E-state index in [0.717, 1.165) is 19.5 Å². The third-order valence-electron chi connectivity index (χ3n) is 4.84. The van der Waals surface area contributed by atoms with E-state index in [1.165, 1.54) is 32.4 Å². The molecule has 2 aliphatic heterocycles. The fraction of sp³-hybridized carbons (Fsp3) is 0.562. The summed E-state index contributed by atoms with van der Waals surface area (Å²) >= 11 is 5.94. The Labute approximate surface area is 140 Å². The highest BCUT2D eigenvalue weighted by atomic mass is 35.5. The molecule has 0 aliphatic carbocycles. The number of hydrogen-bond acceptors (Lipinski definition) is 4. The molecule has 23 heavy (non-hydrogen) atoms. The molecule has 0 bridgehead atoms. The Bertz CT molecular complexity index is 724. The maximum absolute atomic E-state index is 12.8. The van der Waals surface area contributed by atoms with Gasteiger partial charge in [0.1, 0.15) is 5.69 Å². The first kappa shape index (κ1) is 14.9. The molecule has 0 spiro atoms. The molecule has 4 rings (SSSR count). The lowest BCUT2D eigenvalue weighted by Gasteiger charge is -2.37. The van der Waals surface area contributed by atoms with E-state index in [4.69, 9.17) is 11.6 Å². The highest BCUT2D eigenvalue weighted by Crippen LogP contribution is 2.21. The van der Waals surface area contributed by atoms with Crippen molar-refractivity contribution in [1.29, 1.82) is 0 Å². The van der Waals surface area contributed by atoms with E-state index in [-0.39, 0.29) is 5.91 Å². The van der Waals surface area contributed by atoms with E-state index in [1.54, 1.807) is 23.0 Å². The quantitative estimate of drug-likeness (QED) is 0.844. The van der Waals surface area contributed by atoms with Crippen LogP contribution in [-0.2, 0) is 0 Å². The van der Waals surface area contributed by atoms with Crippen molar-refractivity contribution in [2.24, 2.45) is 0 Å². The van der Waals surface area contributed by atoms with E-state index in [2.05, 4.69) is 14.9 Å². The highest BCUT2D eigenvalue weighted by molar-refractivity contribution is 6.30. The van der Waals surface area contributed by atoms with Gasteiger partial charge in [0, 0.05) is 31.5 Å². The zero-order chi connectivity index (χ0) is 15.8. The van der Waals surface area contributed by atoms with Crippen LogP contribution in [0.3, 0.4) is 0 Å². The summed E-state index contributed by atoms with van der Waals surface area (Å²) < 4.78 is 1.71. The monoisotopic (exact) mass is 333 g/mol. The van der Waals surface area contributed by atoms with Crippen LogP contribution in [0, 0.1) is 0 Å². The van der Waals surface area contributed by atoms with Crippen LogP contribution in [0.15, 0.2) is 18.6 Å². The Morgan fingerprint density at radius 3 is 2.83 bits per heavy atom. The topological polar surface area (TPSA) is 53.7 Å². The number of imidazole rings is 1. The molecule has 2 saturated heterocycles. The van der Waals surface area contributed by atoms with Crippen molar-refractivity contribution in [2.45, 2.75) is 31.7 Å². The minimum Gasteiger partial charge on any atom is -0.336 e. The molecule has 1 unspecified atom stereocenters. The molecule has 1 atom stereocenters. The molecule has 0 aromatic carbocycles. The Morgan fingerprint density at radius 1 is 1.17 bits per heavy atom. The highest BCUT2D eigenvalue weighted by Gasteiger charge is 2.30. The minimum atomic E-state index is -0.00415. The molecule has 2 aromatic rings. The van der Waals surface area contributed by atoms with Gasteiger partial charge < -0.3 is 4.90 Å². The van der Waals surface area contributed by atoms with E-state index in [9.17, 15) is 4.79 Å². The van der Waals surface area contributed by atoms with Gasteiger partial charge in [0.2, 0.25) is 5.78 Å². The van der Waals surface area contributed by atoms with Crippen molar-refractivity contribution in [2.75, 3.05) is 26.2 Å². The summed E-state index contributed by atoms with van der Waals surface area (Å²) in [5.41, 5.74) is 0.446. The van der Waals surface area contributed by atoms with Crippen LogP contribution < -0.4 is 0 Å². The average Bonchev–Trinajstić information content (AvgIpc) is 3.23. The SMILES string of the molecule is O=C(c1cn2cc(Cl)cnc2n1)N1CCCC(N2CCCC2)C1. The van der Waals surface area contributed by atoms with Gasteiger partial charge in [-0.3, -0.25) is 14.1 Å². The molecule has 122 valence electrons. The first-order chi connectivity index (χ1) is 11.2. The van der Waals surface area contributed by atoms with Gasteiger partial charge in [-0.1, -0.05) is 11.6 Å². The van der Waals surface area contributed by atoms with E-state index in [0.29, 0.717) is 22.5 Å². The van der Waals surface area contributed by atoms with Crippen LogP contribution in [-0.4, -0.2) is 62.3 Å². The summed E-state index contributed by atoms with van der Waals surface area (Å²) in [7, 11) is 0. The second-order valence-electron chi connectivity index (χ2n) is 6.40. The number of likely N-dealkylation sites (tertiary alicyclic amines) is 2. The molecule has 2 aromatic heterocycles. The lowest BCUT2D eigenvalue weighted by molar-refractivity contribution is 0.0603. The summed E-state index contributed by atoms with van der Waals surface area (Å²) in [6.07, 6.45) is 9.79. The number of carbonyl (C=O) groups excluding carboxylic acids is 1. The van der Waals surface area contributed by atoms with Gasteiger partial charge in [-0.15, -0.1) is 0 Å². The van der Waals surface area contributed by atoms with Crippen LogP contribution in [0.25, 0.3) is 5.78 Å². The van der Waals surface area contributed by atoms with Crippen molar-refractivity contribution < 1.29 is 4.79 Å². The number of halogens is 1. The van der Waals surface area contributed by atoms with Crippen molar-refractivity contribution in [3.8, 4) is 0 Å². The molecular formula is C16H20ClN5O. The smallest absolute Gasteiger partial charge is 0.274 e. The van der Waals surface area contributed by atoms with Crippen molar-refractivity contribution in [3.05, 3.63) is 29.3 Å². The summed E-state index contributed by atoms with van der Waals surface area (Å²) in [6.45, 7) is 3.96. The number of piperidine rings is 1. The second-order valence-corrected chi connectivity index (χ2v) is 6.83. The molecule has 0 radical (unpaired) electrons. The second kappa shape index (κ2) is 6.09. The van der Waals surface area contributed by atoms with Gasteiger partial charge in [0.05, 0.1) is 11.2 Å². The molecule has 2 aliphatic rings. The largest absolute Gasteiger partial charge is 0.336 e. The zero-order valence-electron chi connectivity index (χ0n) is 13.0. The first-order valence-corrected chi connectivity index (χ1v) is 8.62. The number of nitrogens with zero attached hydrogens (tertiary/aromatic N) is 5. The third-order valence-corrected chi connectivity index (χ3v) is 5.03. The van der Waals surface area contributed by atoms with Gasteiger partial charge >= 0.3 is 0 Å². The molecular weight excluding hydrogens is 314 g/mol. The van der Waals surface area contributed by atoms with Gasteiger partial charge in [0.25, 0.3) is 5.91 Å². The van der Waals surface area contributed by atoms with E-state index in [1.807, 2.05) is 4.90 Å². The Morgan fingerprint density at radius 2 is 2.00 bits per heavy atom. The normalized spacial score (nSPS) is 22.8. The van der Waals surface area contributed by atoms with Gasteiger partial charge in [-0.25, -0.2) is 9.97 Å². The number of rotatable bonds is 2. The number of aromatic nitrogens is 3. The van der Waals surface area contributed by atoms with Gasteiger partial charge in [-0.05, 0) is 38.8 Å². The number of fused-ring (bicyclic) bond motifs is 1. The van der Waals surface area contributed by atoms with E-state index >= 15 is 0 Å². The van der Waals surface area contributed by atoms with Crippen molar-refractivity contribution in [1.82, 2.24) is 24.2 Å². The molecule has 4 heterocycles. The van der Waals surface area contributed by atoms with Gasteiger partial charge in [0.15, 0.2) is 0 Å². The molecule has 2 fully saturated rings. The summed E-state index contributed by atoms with van der Waals surface area (Å²) in [5.74, 6) is 0.501. The average molecular weight is 334 g/mol. The lowest BCUT2D eigenvalue weighted by Crippen LogP contribution is -2.49. The number of amides is 1. The van der Waals surface area contributed by atoms with Crippen molar-refractivity contribution in [3.63, 3.8) is 0 Å². The summed E-state index contributed by atoms with van der Waals surface area (Å²) in [5, 5.41) is 0.529. The summed E-state index contributed by atoms with van der Waals surface area (Å²) in [6, 6.07) is 0.500. The zero-order valence-corrected chi connectivity index (χ0v) is 13.7. The first-order valence-electron chi connectivity index (χ1n) is 8.24. The van der Waals surface area contributed by atoms with Crippen molar-refractivity contribution >= 4 is 23.3 Å². The van der Waals surface area contributed by atoms with Crippen LogP contribution >= 0.6 is 11.6 Å². The molecule has 6 nitrogen and oxygen atoms in total. The predicted molar refractivity (Wildman–Crippen MR) is 87.7 cm³/mol. The third kappa shape index (κ3) is 2.93. The van der Waals surface area contributed by atoms with Gasteiger partial charge in [-0.2, -0.15) is 0 Å². The van der Waals surface area contributed by atoms with Crippen LogP contribution in [0.5, 0.6) is 0 Å². The number of hydrogen-bond donors (Lipinski definition) is 0. The minimum absolute atomic E-state index is 0.00415. The fourth-order valence-corrected chi connectivity index (χ4v) is 3.82. The maximum atomic E-state index is 12.8. The molecule has 7 heteroatoms. The number of carbonyl (C=O) groups is 1. The Kier molecular flexibility index (Phi) is 3.95. The predicted octanol–water partition coefficient (Wildman–Crippen LogP) is 2.08. The van der Waals surface area contributed by atoms with E-state index < -0.39 is 0 Å². The Balaban J connectivity index is 1.52. The maximum Gasteiger partial charge on any atom is 0.274 e. The lowest BCUT2D eigenvalue weighted by atomic mass is 10.0. The Hall–Kier alpha value is -1.66. The van der Waals surface area contributed by atoms with Crippen LogP contribution in [0.4, 0.5) is 0 Å². The summed E-state index contributed by atoms with van der Waals surface area (Å²) in [4.78, 5) is 25.7. The molecule has 0 N–H and O–H groups in total. The van der Waals surface area contributed by atoms with Crippen LogP contribution in [0.1, 0.15) is 36.2 Å². The van der Waals surface area contributed by atoms with Crippen LogP contribution in [0.2, 0.25) is 5.02 Å². The fourth-order valence-electron chi connectivity index (χ4n) is 3.67. The molecule has 0 saturated carbocycles. The molecule has 1 amide bonds. The standard InChI is InChI=1S/C16H20ClN5O/c17-12-8-18-16-19-14(11-22(16)9-12)15(23)21-7-3-4-13(10-21)20-5-1-2-6-20/h8-9,11,13H,1-7,10H2.